The minimum atomic E-state index is -3.60. The maximum atomic E-state index is 12.9. The smallest absolute Gasteiger partial charge is 0.335 e. The number of benzene rings is 1. The summed E-state index contributed by atoms with van der Waals surface area (Å²) >= 11 is 0. The lowest BCUT2D eigenvalue weighted by Gasteiger charge is -2.28. The zero-order valence-corrected chi connectivity index (χ0v) is 14.4. The quantitative estimate of drug-likeness (QED) is 0.913. The molecule has 0 unspecified atom stereocenters. The van der Waals surface area contributed by atoms with E-state index in [0.29, 0.717) is 12.2 Å². The molecule has 1 aromatic carbocycles. The van der Waals surface area contributed by atoms with Crippen molar-refractivity contribution in [3.05, 3.63) is 29.5 Å². The summed E-state index contributed by atoms with van der Waals surface area (Å²) in [6, 6.07) is 3.08. The van der Waals surface area contributed by atoms with E-state index >= 15 is 0 Å². The van der Waals surface area contributed by atoms with Gasteiger partial charge in [0.2, 0.25) is 10.0 Å². The Bertz CT molecular complexity index is 925. The van der Waals surface area contributed by atoms with Gasteiger partial charge in [-0.2, -0.15) is 0 Å². The Morgan fingerprint density at radius 1 is 1.35 bits per heavy atom. The maximum absolute atomic E-state index is 12.9. The van der Waals surface area contributed by atoms with Crippen molar-refractivity contribution in [2.75, 3.05) is 11.4 Å². The Kier molecular flexibility index (Phi) is 3.27. The number of aromatic carboxylic acids is 1. The Hall–Kier alpha value is -2.02. The summed E-state index contributed by atoms with van der Waals surface area (Å²) in [7, 11) is -2.11. The summed E-state index contributed by atoms with van der Waals surface area (Å²) in [5, 5.41) is 10.2. The Morgan fingerprint density at radius 3 is 2.57 bits per heavy atom. The van der Waals surface area contributed by atoms with E-state index in [0.717, 1.165) is 22.9 Å². The zero-order valence-electron chi connectivity index (χ0n) is 13.6. The van der Waals surface area contributed by atoms with E-state index in [4.69, 9.17) is 0 Å². The van der Waals surface area contributed by atoms with Gasteiger partial charge in [0, 0.05) is 25.2 Å². The van der Waals surface area contributed by atoms with Gasteiger partial charge in [-0.15, -0.1) is 0 Å². The van der Waals surface area contributed by atoms with Crippen LogP contribution in [0.3, 0.4) is 0 Å². The average molecular weight is 336 g/mol. The molecule has 0 radical (unpaired) electrons. The number of carbonyl (C=O) groups is 1. The lowest BCUT2D eigenvalue weighted by Crippen LogP contribution is -2.44. The van der Waals surface area contributed by atoms with E-state index in [1.807, 2.05) is 17.7 Å². The van der Waals surface area contributed by atoms with Crippen LogP contribution < -0.4 is 4.31 Å². The van der Waals surface area contributed by atoms with Crippen LogP contribution in [0.15, 0.2) is 18.3 Å². The van der Waals surface area contributed by atoms with Crippen LogP contribution in [-0.2, 0) is 23.0 Å². The average Bonchev–Trinajstić information content (AvgIpc) is 2.79. The van der Waals surface area contributed by atoms with Gasteiger partial charge in [-0.05, 0) is 38.0 Å². The number of aryl methyl sites for hydroxylation is 1. The van der Waals surface area contributed by atoms with Crippen LogP contribution in [-0.4, -0.2) is 35.9 Å². The molecule has 0 saturated carbocycles. The molecule has 23 heavy (non-hydrogen) atoms. The molecule has 124 valence electrons. The first-order valence-corrected chi connectivity index (χ1v) is 8.91. The number of hydrogen-bond acceptors (Lipinski definition) is 3. The summed E-state index contributed by atoms with van der Waals surface area (Å²) in [6.45, 7) is 5.72. The van der Waals surface area contributed by atoms with E-state index in [1.54, 1.807) is 19.9 Å². The van der Waals surface area contributed by atoms with Gasteiger partial charge in [0.05, 0.1) is 16.8 Å². The van der Waals surface area contributed by atoms with E-state index in [-0.39, 0.29) is 5.56 Å². The first-order valence-electron chi connectivity index (χ1n) is 7.47. The third kappa shape index (κ3) is 2.06. The highest BCUT2D eigenvalue weighted by Crippen LogP contribution is 2.39. The number of carboxylic acids is 1. The van der Waals surface area contributed by atoms with Crippen LogP contribution >= 0.6 is 0 Å². The van der Waals surface area contributed by atoms with Crippen LogP contribution in [0, 0.1) is 0 Å². The molecule has 6 nitrogen and oxygen atoms in total. The fourth-order valence-corrected chi connectivity index (χ4v) is 4.69. The summed E-state index contributed by atoms with van der Waals surface area (Å²) in [5.74, 6) is -1.06. The molecule has 0 bridgehead atoms. The standard InChI is InChI=1S/C16H20N2O4S/c1-5-10-8-18-9-16(2,3)23(21,22)17(4)13-7-11(15(19)20)6-12(10)14(13)18/h6-8H,5,9H2,1-4H3,(H,19,20). The highest BCUT2D eigenvalue weighted by atomic mass is 32.2. The van der Waals surface area contributed by atoms with Gasteiger partial charge in [0.25, 0.3) is 0 Å². The molecular weight excluding hydrogens is 316 g/mol. The molecule has 2 heterocycles. The SMILES string of the molecule is CCc1cn2c3c(cc(C(=O)O)cc13)N(C)S(=O)(=O)C(C)(C)C2. The third-order valence-electron chi connectivity index (χ3n) is 4.61. The van der Waals surface area contributed by atoms with Gasteiger partial charge in [-0.1, -0.05) is 6.92 Å². The summed E-state index contributed by atoms with van der Waals surface area (Å²) in [4.78, 5) is 11.4. The number of rotatable bonds is 2. The predicted molar refractivity (Wildman–Crippen MR) is 89.7 cm³/mol. The number of sulfonamides is 1. The second-order valence-electron chi connectivity index (χ2n) is 6.56. The van der Waals surface area contributed by atoms with Crippen molar-refractivity contribution in [2.45, 2.75) is 38.5 Å². The molecule has 1 aromatic heterocycles. The topological polar surface area (TPSA) is 79.6 Å². The first kappa shape index (κ1) is 15.9. The minimum Gasteiger partial charge on any atom is -0.478 e. The zero-order chi connectivity index (χ0) is 17.2. The van der Waals surface area contributed by atoms with Crippen molar-refractivity contribution < 1.29 is 18.3 Å². The number of aromatic nitrogens is 1. The Labute approximate surface area is 135 Å². The fraction of sp³-hybridized carbons (Fsp3) is 0.438. The van der Waals surface area contributed by atoms with Crippen molar-refractivity contribution in [3.8, 4) is 0 Å². The van der Waals surface area contributed by atoms with Crippen molar-refractivity contribution in [3.63, 3.8) is 0 Å². The minimum absolute atomic E-state index is 0.0988. The summed E-state index contributed by atoms with van der Waals surface area (Å²) in [5.41, 5.74) is 2.32. The molecule has 1 aliphatic rings. The Morgan fingerprint density at radius 2 is 2.00 bits per heavy atom. The largest absolute Gasteiger partial charge is 0.478 e. The second kappa shape index (κ2) is 4.74. The van der Waals surface area contributed by atoms with Gasteiger partial charge in [0.15, 0.2) is 0 Å². The van der Waals surface area contributed by atoms with E-state index in [9.17, 15) is 18.3 Å². The first-order chi connectivity index (χ1) is 10.6. The van der Waals surface area contributed by atoms with Crippen molar-refractivity contribution in [1.29, 1.82) is 0 Å². The molecule has 7 heteroatoms. The number of nitrogens with zero attached hydrogens (tertiary/aromatic N) is 2. The number of anilines is 1. The van der Waals surface area contributed by atoms with Gasteiger partial charge >= 0.3 is 5.97 Å². The molecule has 1 N–H and O–H groups in total. The van der Waals surface area contributed by atoms with E-state index < -0.39 is 20.7 Å². The monoisotopic (exact) mass is 336 g/mol. The molecule has 2 aromatic rings. The summed E-state index contributed by atoms with van der Waals surface area (Å²) in [6.07, 6.45) is 2.69. The van der Waals surface area contributed by atoms with Crippen LogP contribution in [0.25, 0.3) is 10.9 Å². The molecular formula is C16H20N2O4S. The van der Waals surface area contributed by atoms with Crippen molar-refractivity contribution in [2.24, 2.45) is 0 Å². The van der Waals surface area contributed by atoms with Crippen molar-refractivity contribution in [1.82, 2.24) is 4.57 Å². The predicted octanol–water partition coefficient (Wildman–Crippen LogP) is 2.46. The molecule has 0 atom stereocenters. The van der Waals surface area contributed by atoms with Gasteiger partial charge in [-0.25, -0.2) is 13.2 Å². The molecule has 0 fully saturated rings. The molecule has 1 aliphatic heterocycles. The molecule has 0 saturated heterocycles. The normalized spacial score (nSPS) is 18.9. The number of carboxylic acid groups (broad SMARTS) is 1. The fourth-order valence-electron chi connectivity index (χ4n) is 3.25. The van der Waals surface area contributed by atoms with Crippen LogP contribution in [0.5, 0.6) is 0 Å². The van der Waals surface area contributed by atoms with Crippen LogP contribution in [0.2, 0.25) is 0 Å². The van der Waals surface area contributed by atoms with E-state index in [1.165, 1.54) is 17.4 Å². The van der Waals surface area contributed by atoms with Gasteiger partial charge in [0.1, 0.15) is 4.75 Å². The molecule has 3 rings (SSSR count). The third-order valence-corrected chi connectivity index (χ3v) is 7.06. The van der Waals surface area contributed by atoms with Crippen molar-refractivity contribution >= 4 is 32.6 Å². The van der Waals surface area contributed by atoms with Gasteiger partial charge < -0.3 is 9.67 Å². The Balaban J connectivity index is 2.47. The lowest BCUT2D eigenvalue weighted by molar-refractivity contribution is 0.0697. The summed E-state index contributed by atoms with van der Waals surface area (Å²) < 4.78 is 27.9. The molecule has 0 aliphatic carbocycles. The number of hydrogen-bond donors (Lipinski definition) is 1. The van der Waals surface area contributed by atoms with E-state index in [2.05, 4.69) is 0 Å². The second-order valence-corrected chi connectivity index (χ2v) is 9.17. The maximum Gasteiger partial charge on any atom is 0.335 e. The molecule has 0 spiro atoms. The van der Waals surface area contributed by atoms with Crippen LogP contribution in [0.1, 0.15) is 36.7 Å². The van der Waals surface area contributed by atoms with Crippen LogP contribution in [0.4, 0.5) is 5.69 Å². The highest BCUT2D eigenvalue weighted by Gasteiger charge is 2.42. The highest BCUT2D eigenvalue weighted by molar-refractivity contribution is 7.94. The lowest BCUT2D eigenvalue weighted by atomic mass is 10.1. The van der Waals surface area contributed by atoms with Gasteiger partial charge in [-0.3, -0.25) is 4.31 Å². The molecule has 0 amide bonds.